The van der Waals surface area contributed by atoms with Crippen LogP contribution in [0.2, 0.25) is 5.02 Å². The van der Waals surface area contributed by atoms with Crippen LogP contribution in [0.25, 0.3) is 10.9 Å². The first kappa shape index (κ1) is 22.2. The molecule has 0 spiro atoms. The van der Waals surface area contributed by atoms with E-state index in [-0.39, 0.29) is 11.3 Å². The number of carbonyl (C=O) groups excluding carboxylic acids is 1. The molecule has 10 heteroatoms. The Hall–Kier alpha value is -3.04. The van der Waals surface area contributed by atoms with Gasteiger partial charge in [0.05, 0.1) is 34.5 Å². The number of halogens is 1. The van der Waals surface area contributed by atoms with Gasteiger partial charge in [0, 0.05) is 19.3 Å². The molecule has 0 saturated carbocycles. The number of thioether (sulfide) groups is 1. The van der Waals surface area contributed by atoms with Gasteiger partial charge in [0.25, 0.3) is 5.56 Å². The van der Waals surface area contributed by atoms with E-state index in [1.54, 1.807) is 33.6 Å². The van der Waals surface area contributed by atoms with E-state index in [9.17, 15) is 9.59 Å². The number of nitrogens with zero attached hydrogens (tertiary/aromatic N) is 4. The van der Waals surface area contributed by atoms with Crippen LogP contribution < -0.4 is 5.56 Å². The predicted octanol–water partition coefficient (Wildman–Crippen LogP) is 4.32. The summed E-state index contributed by atoms with van der Waals surface area (Å²) in [7, 11) is 1.30. The smallest absolute Gasteiger partial charge is 0.373 e. The van der Waals surface area contributed by atoms with Gasteiger partial charge in [-0.15, -0.1) is 0 Å². The summed E-state index contributed by atoms with van der Waals surface area (Å²) < 4.78 is 13.7. The van der Waals surface area contributed by atoms with Crippen LogP contribution in [0.5, 0.6) is 0 Å². The third-order valence-electron chi connectivity index (χ3n) is 4.87. The number of aryl methyl sites for hydroxylation is 2. The highest BCUT2D eigenvalue weighted by Gasteiger charge is 2.15. The Morgan fingerprint density at radius 1 is 1.22 bits per heavy atom. The van der Waals surface area contributed by atoms with Crippen molar-refractivity contribution in [3.8, 4) is 0 Å². The van der Waals surface area contributed by atoms with E-state index in [1.807, 2.05) is 25.1 Å². The van der Waals surface area contributed by atoms with Crippen molar-refractivity contribution in [1.29, 1.82) is 0 Å². The molecule has 4 rings (SSSR count). The van der Waals surface area contributed by atoms with Crippen LogP contribution in [0.4, 0.5) is 0 Å². The average molecular weight is 473 g/mol. The first-order chi connectivity index (χ1) is 15.5. The number of ether oxygens (including phenoxy) is 1. The highest BCUT2D eigenvalue weighted by molar-refractivity contribution is 7.98. The molecule has 8 nitrogen and oxygen atoms in total. The van der Waals surface area contributed by atoms with Gasteiger partial charge in [0.15, 0.2) is 5.16 Å². The van der Waals surface area contributed by atoms with Gasteiger partial charge in [-0.3, -0.25) is 14.0 Å². The second kappa shape index (κ2) is 9.62. The van der Waals surface area contributed by atoms with Gasteiger partial charge in [-0.05, 0) is 37.6 Å². The third-order valence-corrected chi connectivity index (χ3v) is 6.24. The Labute approximate surface area is 193 Å². The van der Waals surface area contributed by atoms with Gasteiger partial charge in [0.2, 0.25) is 5.76 Å². The summed E-state index contributed by atoms with van der Waals surface area (Å²) >= 11 is 7.46. The molecule has 0 radical (unpaired) electrons. The van der Waals surface area contributed by atoms with E-state index in [1.165, 1.54) is 18.9 Å². The van der Waals surface area contributed by atoms with Crippen LogP contribution >= 0.6 is 23.4 Å². The molecular weight excluding hydrogens is 452 g/mol. The standard InChI is InChI=1S/C22H21ClN4O4S/c1-14-17(23)12-26(25-14)10-5-11-27-20(28)16-6-3-4-7-18(16)24-22(27)32-13-15-8-9-19(31-15)21(29)30-2/h3-4,6-9,12H,5,10-11,13H2,1-2H3. The monoisotopic (exact) mass is 472 g/mol. The van der Waals surface area contributed by atoms with Crippen LogP contribution in [-0.4, -0.2) is 32.4 Å². The molecule has 1 aromatic carbocycles. The van der Waals surface area contributed by atoms with Crippen LogP contribution in [0.3, 0.4) is 0 Å². The van der Waals surface area contributed by atoms with Crippen molar-refractivity contribution in [2.24, 2.45) is 0 Å². The Kier molecular flexibility index (Phi) is 6.66. The zero-order valence-corrected chi connectivity index (χ0v) is 19.2. The van der Waals surface area contributed by atoms with Crippen molar-refractivity contribution in [2.75, 3.05) is 7.11 Å². The SMILES string of the molecule is COC(=O)c1ccc(CSc2nc3ccccc3c(=O)n2CCCn2cc(Cl)c(C)n2)o1. The molecule has 0 amide bonds. The molecular formula is C22H21ClN4O4S. The third kappa shape index (κ3) is 4.73. The molecule has 3 aromatic heterocycles. The summed E-state index contributed by atoms with van der Waals surface area (Å²) in [5.74, 6) is 0.609. The van der Waals surface area contributed by atoms with Crippen molar-refractivity contribution < 1.29 is 13.9 Å². The molecule has 4 aromatic rings. The fourth-order valence-corrected chi connectivity index (χ4v) is 4.33. The number of para-hydroxylation sites is 1. The number of hydrogen-bond donors (Lipinski definition) is 0. The molecule has 0 saturated heterocycles. The number of benzene rings is 1. The number of aromatic nitrogens is 4. The fourth-order valence-electron chi connectivity index (χ4n) is 3.26. The molecule has 0 atom stereocenters. The van der Waals surface area contributed by atoms with Crippen LogP contribution in [0.1, 0.15) is 28.4 Å². The van der Waals surface area contributed by atoms with Gasteiger partial charge >= 0.3 is 5.97 Å². The Balaban J connectivity index is 1.56. The lowest BCUT2D eigenvalue weighted by Crippen LogP contribution is -2.24. The van der Waals surface area contributed by atoms with E-state index < -0.39 is 5.97 Å². The quantitative estimate of drug-likeness (QED) is 0.214. The molecule has 166 valence electrons. The molecule has 0 aliphatic rings. The molecule has 32 heavy (non-hydrogen) atoms. The number of hydrogen-bond acceptors (Lipinski definition) is 7. The van der Waals surface area contributed by atoms with E-state index >= 15 is 0 Å². The van der Waals surface area contributed by atoms with Crippen LogP contribution in [0, 0.1) is 6.92 Å². The van der Waals surface area contributed by atoms with Gasteiger partial charge in [-0.25, -0.2) is 9.78 Å². The van der Waals surface area contributed by atoms with Crippen molar-refractivity contribution >= 4 is 40.2 Å². The van der Waals surface area contributed by atoms with Crippen molar-refractivity contribution in [3.05, 3.63) is 75.2 Å². The number of rotatable bonds is 8. The molecule has 0 fully saturated rings. The average Bonchev–Trinajstić information content (AvgIpc) is 3.39. The Morgan fingerprint density at radius 2 is 2.03 bits per heavy atom. The number of carbonyl (C=O) groups is 1. The molecule has 0 aliphatic heterocycles. The van der Waals surface area contributed by atoms with Crippen LogP contribution in [0.15, 0.2) is 57.0 Å². The second-order valence-corrected chi connectivity index (χ2v) is 8.44. The van der Waals surface area contributed by atoms with E-state index in [2.05, 4.69) is 9.84 Å². The number of esters is 1. The van der Waals surface area contributed by atoms with Gasteiger partial charge in [-0.1, -0.05) is 35.5 Å². The fraction of sp³-hybridized carbons (Fsp3) is 0.273. The molecule has 0 unspecified atom stereocenters. The maximum absolute atomic E-state index is 13.2. The summed E-state index contributed by atoms with van der Waals surface area (Å²) in [6, 6.07) is 10.6. The van der Waals surface area contributed by atoms with Gasteiger partial charge < -0.3 is 9.15 Å². The number of fused-ring (bicyclic) bond motifs is 1. The van der Waals surface area contributed by atoms with Crippen molar-refractivity contribution in [1.82, 2.24) is 19.3 Å². The molecule has 0 N–H and O–H groups in total. The van der Waals surface area contributed by atoms with Crippen LogP contribution in [-0.2, 0) is 23.6 Å². The van der Waals surface area contributed by atoms with Crippen molar-refractivity contribution in [3.63, 3.8) is 0 Å². The lowest BCUT2D eigenvalue weighted by Gasteiger charge is -2.13. The zero-order valence-electron chi connectivity index (χ0n) is 17.6. The maximum Gasteiger partial charge on any atom is 0.373 e. The summed E-state index contributed by atoms with van der Waals surface area (Å²) in [6.07, 6.45) is 2.46. The van der Waals surface area contributed by atoms with Gasteiger partial charge in [-0.2, -0.15) is 5.10 Å². The first-order valence-electron chi connectivity index (χ1n) is 9.95. The predicted molar refractivity (Wildman–Crippen MR) is 122 cm³/mol. The second-order valence-electron chi connectivity index (χ2n) is 7.09. The highest BCUT2D eigenvalue weighted by atomic mass is 35.5. The highest BCUT2D eigenvalue weighted by Crippen LogP contribution is 2.24. The lowest BCUT2D eigenvalue weighted by atomic mass is 10.2. The Morgan fingerprint density at radius 3 is 2.78 bits per heavy atom. The summed E-state index contributed by atoms with van der Waals surface area (Å²) in [4.78, 5) is 29.5. The summed E-state index contributed by atoms with van der Waals surface area (Å²) in [6.45, 7) is 2.95. The summed E-state index contributed by atoms with van der Waals surface area (Å²) in [5.41, 5.74) is 1.32. The van der Waals surface area contributed by atoms with E-state index in [0.29, 0.717) is 52.1 Å². The number of methoxy groups -OCH3 is 1. The minimum atomic E-state index is -0.532. The normalized spacial score (nSPS) is 11.2. The minimum absolute atomic E-state index is 0.0949. The zero-order chi connectivity index (χ0) is 22.7. The topological polar surface area (TPSA) is 92.2 Å². The first-order valence-corrected chi connectivity index (χ1v) is 11.3. The maximum atomic E-state index is 13.2. The summed E-state index contributed by atoms with van der Waals surface area (Å²) in [5, 5.41) is 6.14. The van der Waals surface area contributed by atoms with Gasteiger partial charge in [0.1, 0.15) is 5.76 Å². The molecule has 0 bridgehead atoms. The molecule has 0 aliphatic carbocycles. The minimum Gasteiger partial charge on any atom is -0.463 e. The largest absolute Gasteiger partial charge is 0.463 e. The lowest BCUT2D eigenvalue weighted by molar-refractivity contribution is 0.0563. The number of furan rings is 1. The van der Waals surface area contributed by atoms with E-state index in [4.69, 9.17) is 21.0 Å². The van der Waals surface area contributed by atoms with Crippen molar-refractivity contribution in [2.45, 2.75) is 37.3 Å². The van der Waals surface area contributed by atoms with E-state index in [0.717, 1.165) is 5.69 Å². The Bertz CT molecular complexity index is 1310. The molecule has 3 heterocycles.